The van der Waals surface area contributed by atoms with E-state index in [2.05, 4.69) is 24.5 Å². The number of anilines is 1. The Labute approximate surface area is 119 Å². The second-order valence-corrected chi connectivity index (χ2v) is 6.24. The molecule has 1 amide bonds. The molecule has 0 bridgehead atoms. The number of carbonyl (C=O) groups excluding carboxylic acids is 1. The fraction of sp³-hybridized carbons (Fsp3) is 0.533. The van der Waals surface area contributed by atoms with Crippen molar-refractivity contribution in [3.05, 3.63) is 24.3 Å². The van der Waals surface area contributed by atoms with Crippen LogP contribution in [0.5, 0.6) is 0 Å². The van der Waals surface area contributed by atoms with E-state index < -0.39 is 0 Å². The molecule has 2 N–H and O–H groups in total. The van der Waals surface area contributed by atoms with Crippen LogP contribution in [0.1, 0.15) is 20.3 Å². The lowest BCUT2D eigenvalue weighted by Gasteiger charge is -2.31. The van der Waals surface area contributed by atoms with Crippen molar-refractivity contribution < 1.29 is 4.79 Å². The Kier molecular flexibility index (Phi) is 4.53. The Balaban J connectivity index is 2.20. The highest BCUT2D eigenvalue weighted by molar-refractivity contribution is 7.98. The average molecular weight is 278 g/mol. The lowest BCUT2D eigenvalue weighted by molar-refractivity contribution is -0.126. The van der Waals surface area contributed by atoms with Crippen LogP contribution in [-0.4, -0.2) is 25.3 Å². The summed E-state index contributed by atoms with van der Waals surface area (Å²) in [6.45, 7) is 5.97. The summed E-state index contributed by atoms with van der Waals surface area (Å²) in [6.07, 6.45) is 2.94. The van der Waals surface area contributed by atoms with Crippen LogP contribution in [0.3, 0.4) is 0 Å². The highest BCUT2D eigenvalue weighted by atomic mass is 32.2. The zero-order chi connectivity index (χ0) is 13.9. The van der Waals surface area contributed by atoms with Crippen molar-refractivity contribution in [2.75, 3.05) is 24.7 Å². The molecule has 4 heteroatoms. The van der Waals surface area contributed by atoms with Crippen molar-refractivity contribution in [2.24, 2.45) is 11.3 Å². The maximum Gasteiger partial charge on any atom is 0.232 e. The fourth-order valence-electron chi connectivity index (χ4n) is 2.65. The van der Waals surface area contributed by atoms with E-state index in [1.54, 1.807) is 11.8 Å². The van der Waals surface area contributed by atoms with Gasteiger partial charge >= 0.3 is 0 Å². The first-order valence-corrected chi connectivity index (χ1v) is 7.98. The van der Waals surface area contributed by atoms with Gasteiger partial charge in [0.1, 0.15) is 0 Å². The minimum absolute atomic E-state index is 0.147. The molecule has 1 fully saturated rings. The second kappa shape index (κ2) is 5.97. The molecule has 0 aliphatic carbocycles. The van der Waals surface area contributed by atoms with Gasteiger partial charge in [-0.25, -0.2) is 0 Å². The van der Waals surface area contributed by atoms with Crippen LogP contribution in [0.4, 0.5) is 5.69 Å². The third kappa shape index (κ3) is 2.79. The summed E-state index contributed by atoms with van der Waals surface area (Å²) < 4.78 is 0. The van der Waals surface area contributed by atoms with E-state index in [0.29, 0.717) is 5.92 Å². The molecule has 19 heavy (non-hydrogen) atoms. The third-order valence-corrected chi connectivity index (χ3v) is 4.90. The van der Waals surface area contributed by atoms with Crippen molar-refractivity contribution >= 4 is 23.4 Å². The highest BCUT2D eigenvalue weighted by Gasteiger charge is 2.43. The SMILES string of the molecule is CSc1ccccc1NC(=O)C1(C(C)C)CCNC1. The largest absolute Gasteiger partial charge is 0.325 e. The number of rotatable bonds is 4. The number of carbonyl (C=O) groups is 1. The van der Waals surface area contributed by atoms with E-state index in [0.717, 1.165) is 30.1 Å². The lowest BCUT2D eigenvalue weighted by Crippen LogP contribution is -2.42. The van der Waals surface area contributed by atoms with E-state index in [1.165, 1.54) is 0 Å². The molecule has 0 spiro atoms. The van der Waals surface area contributed by atoms with Gasteiger partial charge in [-0.1, -0.05) is 26.0 Å². The van der Waals surface area contributed by atoms with Gasteiger partial charge in [-0.15, -0.1) is 11.8 Å². The average Bonchev–Trinajstić information content (AvgIpc) is 2.90. The number of thioether (sulfide) groups is 1. The molecule has 1 unspecified atom stereocenters. The van der Waals surface area contributed by atoms with Crippen LogP contribution in [-0.2, 0) is 4.79 Å². The Morgan fingerprint density at radius 3 is 2.74 bits per heavy atom. The molecule has 0 radical (unpaired) electrons. The maximum atomic E-state index is 12.7. The van der Waals surface area contributed by atoms with Gasteiger partial charge in [-0.05, 0) is 37.3 Å². The van der Waals surface area contributed by atoms with Crippen molar-refractivity contribution in [3.63, 3.8) is 0 Å². The Morgan fingerprint density at radius 1 is 1.42 bits per heavy atom. The molecule has 1 aliphatic rings. The predicted molar refractivity (Wildman–Crippen MR) is 81.6 cm³/mol. The molecule has 0 saturated carbocycles. The lowest BCUT2D eigenvalue weighted by atomic mass is 9.75. The molecule has 1 aromatic carbocycles. The van der Waals surface area contributed by atoms with Crippen molar-refractivity contribution in [1.82, 2.24) is 5.32 Å². The highest BCUT2D eigenvalue weighted by Crippen LogP contribution is 2.36. The summed E-state index contributed by atoms with van der Waals surface area (Å²) >= 11 is 1.66. The standard InChI is InChI=1S/C15H22N2OS/c1-11(2)15(8-9-16-10-15)14(18)17-12-6-4-5-7-13(12)19-3/h4-7,11,16H,8-10H2,1-3H3,(H,17,18). The zero-order valence-corrected chi connectivity index (χ0v) is 12.6. The van der Waals surface area contributed by atoms with Gasteiger partial charge < -0.3 is 10.6 Å². The second-order valence-electron chi connectivity index (χ2n) is 5.39. The molecule has 104 valence electrons. The number of hydrogen-bond acceptors (Lipinski definition) is 3. The van der Waals surface area contributed by atoms with E-state index in [4.69, 9.17) is 0 Å². The van der Waals surface area contributed by atoms with Gasteiger partial charge in [-0.2, -0.15) is 0 Å². The van der Waals surface area contributed by atoms with E-state index in [1.807, 2.05) is 30.5 Å². The summed E-state index contributed by atoms with van der Waals surface area (Å²) in [5, 5.41) is 6.45. The van der Waals surface area contributed by atoms with Gasteiger partial charge in [0.15, 0.2) is 0 Å². The molecule has 1 saturated heterocycles. The first-order chi connectivity index (χ1) is 9.10. The number of amides is 1. The van der Waals surface area contributed by atoms with Gasteiger partial charge in [0.25, 0.3) is 0 Å². The molecule has 1 aliphatic heterocycles. The normalized spacial score (nSPS) is 22.7. The molecular weight excluding hydrogens is 256 g/mol. The molecule has 1 heterocycles. The topological polar surface area (TPSA) is 41.1 Å². The third-order valence-electron chi connectivity index (χ3n) is 4.10. The molecule has 0 aromatic heterocycles. The Bertz CT molecular complexity index is 453. The molecule has 3 nitrogen and oxygen atoms in total. The number of hydrogen-bond donors (Lipinski definition) is 2. The van der Waals surface area contributed by atoms with Crippen molar-refractivity contribution in [3.8, 4) is 0 Å². The number of benzene rings is 1. The Morgan fingerprint density at radius 2 is 2.16 bits per heavy atom. The first kappa shape index (κ1) is 14.4. The van der Waals surface area contributed by atoms with Gasteiger partial charge in [0, 0.05) is 11.4 Å². The predicted octanol–water partition coefficient (Wildman–Crippen LogP) is 2.98. The van der Waals surface area contributed by atoms with Crippen LogP contribution in [0.25, 0.3) is 0 Å². The minimum atomic E-state index is -0.272. The van der Waals surface area contributed by atoms with Gasteiger partial charge in [0.05, 0.1) is 11.1 Å². The molecule has 2 rings (SSSR count). The fourth-order valence-corrected chi connectivity index (χ4v) is 3.21. The van der Waals surface area contributed by atoms with E-state index in [-0.39, 0.29) is 11.3 Å². The van der Waals surface area contributed by atoms with E-state index in [9.17, 15) is 4.79 Å². The van der Waals surface area contributed by atoms with Crippen molar-refractivity contribution in [2.45, 2.75) is 25.2 Å². The number of nitrogens with one attached hydrogen (secondary N) is 2. The summed E-state index contributed by atoms with van der Waals surface area (Å²) in [6, 6.07) is 7.97. The molecule has 1 atom stereocenters. The van der Waals surface area contributed by atoms with Gasteiger partial charge in [-0.3, -0.25) is 4.79 Å². The summed E-state index contributed by atoms with van der Waals surface area (Å²) in [5.74, 6) is 0.484. The quantitative estimate of drug-likeness (QED) is 0.832. The first-order valence-electron chi connectivity index (χ1n) is 6.75. The molecular formula is C15H22N2OS. The van der Waals surface area contributed by atoms with Crippen LogP contribution < -0.4 is 10.6 Å². The van der Waals surface area contributed by atoms with E-state index >= 15 is 0 Å². The van der Waals surface area contributed by atoms with Gasteiger partial charge in [0.2, 0.25) is 5.91 Å². The maximum absolute atomic E-state index is 12.7. The van der Waals surface area contributed by atoms with Crippen molar-refractivity contribution in [1.29, 1.82) is 0 Å². The Hall–Kier alpha value is -1.00. The van der Waals surface area contributed by atoms with Crippen LogP contribution in [0.2, 0.25) is 0 Å². The number of para-hydroxylation sites is 1. The molecule has 1 aromatic rings. The van der Waals surface area contributed by atoms with Crippen LogP contribution in [0, 0.1) is 11.3 Å². The smallest absolute Gasteiger partial charge is 0.232 e. The van der Waals surface area contributed by atoms with Crippen LogP contribution in [0.15, 0.2) is 29.2 Å². The summed E-state index contributed by atoms with van der Waals surface area (Å²) in [7, 11) is 0. The summed E-state index contributed by atoms with van der Waals surface area (Å²) in [4.78, 5) is 13.8. The summed E-state index contributed by atoms with van der Waals surface area (Å²) in [5.41, 5.74) is 0.651. The minimum Gasteiger partial charge on any atom is -0.325 e. The monoisotopic (exact) mass is 278 g/mol. The zero-order valence-electron chi connectivity index (χ0n) is 11.8. The van der Waals surface area contributed by atoms with Crippen LogP contribution >= 0.6 is 11.8 Å².